The third kappa shape index (κ3) is 3.59. The highest BCUT2D eigenvalue weighted by atomic mass is 19.1. The number of urea groups is 1. The summed E-state index contributed by atoms with van der Waals surface area (Å²) in [5.41, 5.74) is 1.04. The summed E-state index contributed by atoms with van der Waals surface area (Å²) in [6, 6.07) is 10.3. The normalized spacial score (nSPS) is 14.7. The number of amides is 2. The van der Waals surface area contributed by atoms with E-state index in [4.69, 9.17) is 0 Å². The highest BCUT2D eigenvalue weighted by Gasteiger charge is 2.21. The van der Waals surface area contributed by atoms with E-state index >= 15 is 0 Å². The molecule has 1 N–H and O–H groups in total. The topological polar surface area (TPSA) is 48.5 Å². The summed E-state index contributed by atoms with van der Waals surface area (Å²) in [5.74, 6) is 0.607. The standard InChI is InChI=1S/C17H19FN4O/c1-13-5-6-14(12-15(13)18)20-17(23)22-10-8-21(9-11-22)16-4-2-3-7-19-16/h2-7,12H,8-11H2,1H3,(H,20,23). The van der Waals surface area contributed by atoms with Gasteiger partial charge in [-0.05, 0) is 36.8 Å². The van der Waals surface area contributed by atoms with Crippen molar-refractivity contribution >= 4 is 17.5 Å². The summed E-state index contributed by atoms with van der Waals surface area (Å²) in [5, 5.41) is 2.75. The maximum Gasteiger partial charge on any atom is 0.321 e. The molecule has 23 heavy (non-hydrogen) atoms. The van der Waals surface area contributed by atoms with Gasteiger partial charge in [0.05, 0.1) is 0 Å². The van der Waals surface area contributed by atoms with Crippen molar-refractivity contribution in [1.29, 1.82) is 0 Å². The number of nitrogens with one attached hydrogen (secondary N) is 1. The lowest BCUT2D eigenvalue weighted by atomic mass is 10.2. The molecule has 2 aromatic rings. The number of nitrogens with zero attached hydrogens (tertiary/aromatic N) is 3. The molecule has 0 spiro atoms. The first-order valence-electron chi connectivity index (χ1n) is 7.61. The Kier molecular flexibility index (Phi) is 4.41. The van der Waals surface area contributed by atoms with Crippen molar-refractivity contribution in [2.24, 2.45) is 0 Å². The zero-order valence-corrected chi connectivity index (χ0v) is 13.0. The molecule has 0 bridgehead atoms. The molecule has 2 heterocycles. The number of carbonyl (C=O) groups excluding carboxylic acids is 1. The van der Waals surface area contributed by atoms with E-state index in [-0.39, 0.29) is 11.8 Å². The van der Waals surface area contributed by atoms with Crippen molar-refractivity contribution in [2.45, 2.75) is 6.92 Å². The smallest absolute Gasteiger partial charge is 0.321 e. The van der Waals surface area contributed by atoms with Crippen molar-refractivity contribution in [3.8, 4) is 0 Å². The van der Waals surface area contributed by atoms with Crippen molar-refractivity contribution in [1.82, 2.24) is 9.88 Å². The van der Waals surface area contributed by atoms with Crippen LogP contribution in [0.5, 0.6) is 0 Å². The van der Waals surface area contributed by atoms with E-state index in [2.05, 4.69) is 15.2 Å². The summed E-state index contributed by atoms with van der Waals surface area (Å²) in [7, 11) is 0. The molecule has 1 aliphatic rings. The molecule has 0 aliphatic carbocycles. The van der Waals surface area contributed by atoms with Gasteiger partial charge >= 0.3 is 6.03 Å². The number of anilines is 2. The van der Waals surface area contributed by atoms with Crippen LogP contribution in [0.15, 0.2) is 42.6 Å². The average Bonchev–Trinajstić information content (AvgIpc) is 2.59. The Hall–Kier alpha value is -2.63. The van der Waals surface area contributed by atoms with Crippen LogP contribution in [0.3, 0.4) is 0 Å². The third-order valence-electron chi connectivity index (χ3n) is 3.96. The SMILES string of the molecule is Cc1ccc(NC(=O)N2CCN(c3ccccn3)CC2)cc1F. The number of pyridine rings is 1. The van der Waals surface area contributed by atoms with Gasteiger partial charge in [-0.2, -0.15) is 0 Å². The molecule has 0 atom stereocenters. The van der Waals surface area contributed by atoms with Crippen LogP contribution in [0, 0.1) is 12.7 Å². The number of aryl methyl sites for hydroxylation is 1. The van der Waals surface area contributed by atoms with E-state index in [9.17, 15) is 9.18 Å². The minimum Gasteiger partial charge on any atom is -0.353 e. The first-order valence-corrected chi connectivity index (χ1v) is 7.61. The lowest BCUT2D eigenvalue weighted by Gasteiger charge is -2.35. The van der Waals surface area contributed by atoms with Crippen molar-refractivity contribution < 1.29 is 9.18 Å². The maximum atomic E-state index is 13.5. The van der Waals surface area contributed by atoms with Gasteiger partial charge in [0.25, 0.3) is 0 Å². The van der Waals surface area contributed by atoms with Gasteiger partial charge in [0.2, 0.25) is 0 Å². The molecule has 0 unspecified atom stereocenters. The van der Waals surface area contributed by atoms with Gasteiger partial charge in [-0.3, -0.25) is 0 Å². The Bertz CT molecular complexity index is 684. The number of piperazine rings is 1. The molecule has 1 aromatic carbocycles. The Labute approximate surface area is 134 Å². The molecule has 5 nitrogen and oxygen atoms in total. The number of aromatic nitrogens is 1. The van der Waals surface area contributed by atoms with Gasteiger partial charge in [0, 0.05) is 38.1 Å². The van der Waals surface area contributed by atoms with E-state index in [1.54, 1.807) is 30.2 Å². The van der Waals surface area contributed by atoms with E-state index < -0.39 is 0 Å². The molecule has 3 rings (SSSR count). The molecule has 2 amide bonds. The Morgan fingerprint density at radius 3 is 2.61 bits per heavy atom. The summed E-state index contributed by atoms with van der Waals surface area (Å²) < 4.78 is 13.5. The summed E-state index contributed by atoms with van der Waals surface area (Å²) in [4.78, 5) is 20.5. The number of halogens is 1. The zero-order valence-electron chi connectivity index (χ0n) is 13.0. The molecule has 1 saturated heterocycles. The van der Waals surface area contributed by atoms with E-state index in [1.165, 1.54) is 6.07 Å². The molecule has 1 aromatic heterocycles. The van der Waals surface area contributed by atoms with Gasteiger partial charge in [0.15, 0.2) is 0 Å². The van der Waals surface area contributed by atoms with E-state index in [0.29, 0.717) is 24.3 Å². The quantitative estimate of drug-likeness (QED) is 0.927. The third-order valence-corrected chi connectivity index (χ3v) is 3.96. The fourth-order valence-corrected chi connectivity index (χ4v) is 2.55. The maximum absolute atomic E-state index is 13.5. The minimum absolute atomic E-state index is 0.200. The van der Waals surface area contributed by atoms with Crippen LogP contribution in [0.2, 0.25) is 0 Å². The second-order valence-corrected chi connectivity index (χ2v) is 5.56. The van der Waals surface area contributed by atoms with Gasteiger partial charge < -0.3 is 15.1 Å². The monoisotopic (exact) mass is 314 g/mol. The molecule has 0 saturated carbocycles. The Morgan fingerprint density at radius 2 is 1.96 bits per heavy atom. The van der Waals surface area contributed by atoms with Gasteiger partial charge in [-0.15, -0.1) is 0 Å². The lowest BCUT2D eigenvalue weighted by Crippen LogP contribution is -2.50. The molecule has 0 radical (unpaired) electrons. The predicted octanol–water partition coefficient (Wildman–Crippen LogP) is 2.88. The number of benzene rings is 1. The van der Waals surface area contributed by atoms with Crippen LogP contribution in [0.4, 0.5) is 20.7 Å². The Morgan fingerprint density at radius 1 is 1.17 bits per heavy atom. The second kappa shape index (κ2) is 6.64. The summed E-state index contributed by atoms with van der Waals surface area (Å²) in [6.07, 6.45) is 1.76. The lowest BCUT2D eigenvalue weighted by molar-refractivity contribution is 0.208. The van der Waals surface area contributed by atoms with E-state index in [0.717, 1.165) is 18.9 Å². The first kappa shape index (κ1) is 15.3. The molecular weight excluding hydrogens is 295 g/mol. The molecular formula is C17H19FN4O. The van der Waals surface area contributed by atoms with Crippen molar-refractivity contribution in [2.75, 3.05) is 36.4 Å². The number of hydrogen-bond acceptors (Lipinski definition) is 3. The number of hydrogen-bond donors (Lipinski definition) is 1. The largest absolute Gasteiger partial charge is 0.353 e. The van der Waals surface area contributed by atoms with Crippen molar-refractivity contribution in [3.05, 3.63) is 54.0 Å². The highest BCUT2D eigenvalue weighted by Crippen LogP contribution is 2.16. The van der Waals surface area contributed by atoms with E-state index in [1.807, 2.05) is 18.2 Å². The highest BCUT2D eigenvalue weighted by molar-refractivity contribution is 5.89. The van der Waals surface area contributed by atoms with Crippen LogP contribution in [0.25, 0.3) is 0 Å². The number of carbonyl (C=O) groups is 1. The number of rotatable bonds is 2. The molecule has 1 aliphatic heterocycles. The van der Waals surface area contributed by atoms with Crippen LogP contribution in [-0.4, -0.2) is 42.1 Å². The van der Waals surface area contributed by atoms with Crippen molar-refractivity contribution in [3.63, 3.8) is 0 Å². The second-order valence-electron chi connectivity index (χ2n) is 5.56. The molecule has 120 valence electrons. The fraction of sp³-hybridized carbons (Fsp3) is 0.294. The molecule has 1 fully saturated rings. The summed E-state index contributed by atoms with van der Waals surface area (Å²) in [6.45, 7) is 4.37. The van der Waals surface area contributed by atoms with Crippen LogP contribution in [-0.2, 0) is 0 Å². The minimum atomic E-state index is -0.317. The first-order chi connectivity index (χ1) is 11.1. The van der Waals surface area contributed by atoms with Gasteiger partial charge in [-0.1, -0.05) is 12.1 Å². The predicted molar refractivity (Wildman–Crippen MR) is 88.2 cm³/mol. The van der Waals surface area contributed by atoms with Gasteiger partial charge in [0.1, 0.15) is 11.6 Å². The van der Waals surface area contributed by atoms with Crippen LogP contribution >= 0.6 is 0 Å². The fourth-order valence-electron chi connectivity index (χ4n) is 2.55. The molecule has 6 heteroatoms. The average molecular weight is 314 g/mol. The Balaban J connectivity index is 1.57. The van der Waals surface area contributed by atoms with Crippen LogP contribution in [0.1, 0.15) is 5.56 Å². The van der Waals surface area contributed by atoms with Gasteiger partial charge in [-0.25, -0.2) is 14.2 Å². The summed E-state index contributed by atoms with van der Waals surface area (Å²) >= 11 is 0. The zero-order chi connectivity index (χ0) is 16.2. The van der Waals surface area contributed by atoms with Crippen LogP contribution < -0.4 is 10.2 Å².